The Hall–Kier alpha value is -2.57. The van der Waals surface area contributed by atoms with Crippen LogP contribution in [0.25, 0.3) is 0 Å². The molecule has 1 aromatic carbocycles. The third-order valence-corrected chi connectivity index (χ3v) is 3.19. The van der Waals surface area contributed by atoms with Gasteiger partial charge in [-0.05, 0) is 30.9 Å². The summed E-state index contributed by atoms with van der Waals surface area (Å²) in [6.45, 7) is -0.374. The zero-order valence-corrected chi connectivity index (χ0v) is 11.2. The summed E-state index contributed by atoms with van der Waals surface area (Å²) in [6, 6.07) is 5.39. The molecule has 7 heteroatoms. The second-order valence-electron chi connectivity index (χ2n) is 4.87. The SMILES string of the molecule is NC(=O)c1ccccc1OCC(=O)NC(C(=O)O)C1CC1. The number of aliphatic carboxylic acids is 1. The molecule has 1 saturated carbocycles. The van der Waals surface area contributed by atoms with Crippen LogP contribution in [0.1, 0.15) is 23.2 Å². The maximum Gasteiger partial charge on any atom is 0.326 e. The summed E-state index contributed by atoms with van der Waals surface area (Å²) in [7, 11) is 0. The summed E-state index contributed by atoms with van der Waals surface area (Å²) in [5.41, 5.74) is 5.36. The smallest absolute Gasteiger partial charge is 0.326 e. The fourth-order valence-corrected chi connectivity index (χ4v) is 1.97. The third kappa shape index (κ3) is 3.95. The number of carbonyl (C=O) groups is 3. The van der Waals surface area contributed by atoms with Gasteiger partial charge in [0.25, 0.3) is 11.8 Å². The molecular weight excluding hydrogens is 276 g/mol. The number of hydrogen-bond donors (Lipinski definition) is 3. The molecule has 7 nitrogen and oxygen atoms in total. The number of nitrogens with one attached hydrogen (secondary N) is 1. The lowest BCUT2D eigenvalue weighted by atomic mass is 10.2. The highest BCUT2D eigenvalue weighted by atomic mass is 16.5. The molecule has 2 rings (SSSR count). The largest absolute Gasteiger partial charge is 0.483 e. The predicted molar refractivity (Wildman–Crippen MR) is 72.7 cm³/mol. The van der Waals surface area contributed by atoms with E-state index in [2.05, 4.69) is 5.32 Å². The summed E-state index contributed by atoms with van der Waals surface area (Å²) >= 11 is 0. The number of carboxylic acids is 1. The maximum absolute atomic E-state index is 11.7. The molecule has 1 aliphatic rings. The number of primary amides is 1. The van der Waals surface area contributed by atoms with Gasteiger partial charge in [-0.3, -0.25) is 9.59 Å². The normalized spacial score (nSPS) is 15.0. The number of hydrogen-bond acceptors (Lipinski definition) is 4. The molecule has 1 aromatic rings. The molecule has 1 atom stereocenters. The first-order chi connectivity index (χ1) is 9.99. The Balaban J connectivity index is 1.92. The molecule has 21 heavy (non-hydrogen) atoms. The van der Waals surface area contributed by atoms with Crippen molar-refractivity contribution in [1.29, 1.82) is 0 Å². The minimum atomic E-state index is -1.05. The highest BCUT2D eigenvalue weighted by Gasteiger charge is 2.37. The highest BCUT2D eigenvalue weighted by Crippen LogP contribution is 2.32. The Morgan fingerprint density at radius 1 is 1.33 bits per heavy atom. The molecule has 0 heterocycles. The van der Waals surface area contributed by atoms with Crippen molar-refractivity contribution in [2.45, 2.75) is 18.9 Å². The zero-order chi connectivity index (χ0) is 15.4. The van der Waals surface area contributed by atoms with Crippen LogP contribution >= 0.6 is 0 Å². The fraction of sp³-hybridized carbons (Fsp3) is 0.357. The lowest BCUT2D eigenvalue weighted by Gasteiger charge is -2.14. The molecule has 112 valence electrons. The van der Waals surface area contributed by atoms with Gasteiger partial charge in [-0.2, -0.15) is 0 Å². The Morgan fingerprint density at radius 2 is 2.00 bits per heavy atom. The predicted octanol–water partition coefficient (Wildman–Crippen LogP) is 0.144. The molecule has 1 aliphatic carbocycles. The van der Waals surface area contributed by atoms with Crippen LogP contribution in [-0.2, 0) is 9.59 Å². The van der Waals surface area contributed by atoms with Gasteiger partial charge in [-0.15, -0.1) is 0 Å². The van der Waals surface area contributed by atoms with E-state index < -0.39 is 23.8 Å². The summed E-state index contributed by atoms with van der Waals surface area (Å²) in [5.74, 6) is -2.08. The van der Waals surface area contributed by atoms with Crippen LogP contribution in [0.15, 0.2) is 24.3 Å². The van der Waals surface area contributed by atoms with E-state index in [4.69, 9.17) is 15.6 Å². The van der Waals surface area contributed by atoms with Gasteiger partial charge in [0.2, 0.25) is 0 Å². The minimum Gasteiger partial charge on any atom is -0.483 e. The Labute approximate surface area is 121 Å². The molecule has 0 saturated heterocycles. The molecule has 0 radical (unpaired) electrons. The van der Waals surface area contributed by atoms with Crippen LogP contribution in [0.5, 0.6) is 5.75 Å². The topological polar surface area (TPSA) is 119 Å². The van der Waals surface area contributed by atoms with Crippen LogP contribution in [-0.4, -0.2) is 35.5 Å². The Bertz CT molecular complexity index is 568. The van der Waals surface area contributed by atoms with E-state index in [9.17, 15) is 14.4 Å². The average Bonchev–Trinajstić information content (AvgIpc) is 3.26. The van der Waals surface area contributed by atoms with Crippen LogP contribution in [0.4, 0.5) is 0 Å². The number of carboxylic acid groups (broad SMARTS) is 1. The molecule has 0 aromatic heterocycles. The molecule has 0 aliphatic heterocycles. The number of para-hydroxylation sites is 1. The molecule has 4 N–H and O–H groups in total. The first-order valence-corrected chi connectivity index (χ1v) is 6.53. The maximum atomic E-state index is 11.7. The number of amides is 2. The highest BCUT2D eigenvalue weighted by molar-refractivity contribution is 5.95. The van der Waals surface area contributed by atoms with Gasteiger partial charge >= 0.3 is 5.97 Å². The summed E-state index contributed by atoms with van der Waals surface area (Å²) in [6.07, 6.45) is 1.59. The van der Waals surface area contributed by atoms with E-state index in [1.807, 2.05) is 0 Å². The van der Waals surface area contributed by atoms with Crippen molar-refractivity contribution in [3.8, 4) is 5.75 Å². The second kappa shape index (κ2) is 6.25. The van der Waals surface area contributed by atoms with Crippen molar-refractivity contribution in [2.24, 2.45) is 11.7 Å². The molecule has 0 spiro atoms. The molecule has 2 amide bonds. The van der Waals surface area contributed by atoms with Crippen molar-refractivity contribution in [3.63, 3.8) is 0 Å². The number of nitrogens with two attached hydrogens (primary N) is 1. The van der Waals surface area contributed by atoms with E-state index in [1.165, 1.54) is 12.1 Å². The monoisotopic (exact) mass is 292 g/mol. The quantitative estimate of drug-likeness (QED) is 0.660. The molecular formula is C14H16N2O5. The summed E-state index contributed by atoms with van der Waals surface area (Å²) in [4.78, 5) is 33.9. The average molecular weight is 292 g/mol. The van der Waals surface area contributed by atoms with Crippen LogP contribution in [0.2, 0.25) is 0 Å². The van der Waals surface area contributed by atoms with Crippen molar-refractivity contribution < 1.29 is 24.2 Å². The van der Waals surface area contributed by atoms with E-state index in [0.717, 1.165) is 12.8 Å². The first kappa shape index (κ1) is 14.8. The summed E-state index contributed by atoms with van der Waals surface area (Å²) < 4.78 is 5.24. The zero-order valence-electron chi connectivity index (χ0n) is 11.2. The molecule has 0 bridgehead atoms. The standard InChI is InChI=1S/C14H16N2O5/c15-13(18)9-3-1-2-4-10(9)21-7-11(17)16-12(14(19)20)8-5-6-8/h1-4,8,12H,5-7H2,(H2,15,18)(H,16,17)(H,19,20). The lowest BCUT2D eigenvalue weighted by molar-refractivity contribution is -0.142. The van der Waals surface area contributed by atoms with Gasteiger partial charge in [0.1, 0.15) is 11.8 Å². The van der Waals surface area contributed by atoms with Gasteiger partial charge in [-0.25, -0.2) is 4.79 Å². The van der Waals surface area contributed by atoms with E-state index >= 15 is 0 Å². The minimum absolute atomic E-state index is 0.00986. The van der Waals surface area contributed by atoms with E-state index in [0.29, 0.717) is 0 Å². The lowest BCUT2D eigenvalue weighted by Crippen LogP contribution is -2.44. The first-order valence-electron chi connectivity index (χ1n) is 6.53. The summed E-state index contributed by atoms with van der Waals surface area (Å²) in [5, 5.41) is 11.4. The van der Waals surface area contributed by atoms with Crippen LogP contribution < -0.4 is 15.8 Å². The van der Waals surface area contributed by atoms with Gasteiger partial charge in [0, 0.05) is 0 Å². The van der Waals surface area contributed by atoms with Crippen molar-refractivity contribution in [2.75, 3.05) is 6.61 Å². The number of carbonyl (C=O) groups excluding carboxylic acids is 2. The fourth-order valence-electron chi connectivity index (χ4n) is 1.97. The Kier molecular flexibility index (Phi) is 4.42. The Morgan fingerprint density at radius 3 is 2.57 bits per heavy atom. The van der Waals surface area contributed by atoms with E-state index in [1.54, 1.807) is 12.1 Å². The van der Waals surface area contributed by atoms with Crippen LogP contribution in [0.3, 0.4) is 0 Å². The van der Waals surface area contributed by atoms with Gasteiger partial charge in [0.05, 0.1) is 5.56 Å². The molecule has 1 unspecified atom stereocenters. The number of benzene rings is 1. The van der Waals surface area contributed by atoms with E-state index in [-0.39, 0.29) is 23.8 Å². The third-order valence-electron chi connectivity index (χ3n) is 3.19. The van der Waals surface area contributed by atoms with Gasteiger partial charge in [0.15, 0.2) is 6.61 Å². The molecule has 1 fully saturated rings. The number of rotatable bonds is 7. The second-order valence-corrected chi connectivity index (χ2v) is 4.87. The number of ether oxygens (including phenoxy) is 1. The van der Waals surface area contributed by atoms with Gasteiger partial charge in [-0.1, -0.05) is 12.1 Å². The van der Waals surface area contributed by atoms with Crippen molar-refractivity contribution in [1.82, 2.24) is 5.32 Å². The van der Waals surface area contributed by atoms with Crippen LogP contribution in [0, 0.1) is 5.92 Å². The van der Waals surface area contributed by atoms with Crippen molar-refractivity contribution >= 4 is 17.8 Å². The van der Waals surface area contributed by atoms with Gasteiger partial charge < -0.3 is 20.9 Å². The van der Waals surface area contributed by atoms with Crippen molar-refractivity contribution in [3.05, 3.63) is 29.8 Å².